The summed E-state index contributed by atoms with van der Waals surface area (Å²) in [5.41, 5.74) is -3.04. The van der Waals surface area contributed by atoms with Crippen LogP contribution in [0, 0.1) is 5.92 Å². The number of nitrogens with zero attached hydrogens (tertiary/aromatic N) is 5. The molecule has 1 aliphatic rings. The van der Waals surface area contributed by atoms with Crippen LogP contribution < -0.4 is 5.32 Å². The first-order valence-corrected chi connectivity index (χ1v) is 10.7. The minimum atomic E-state index is -4.84. The minimum absolute atomic E-state index is 0. The first kappa shape index (κ1) is 28.0. The number of rotatable bonds is 9. The SMILES string of the molecule is CCNC(=NCCC(O)(c1nccn1C)C(F)(F)F)N1CCC(CN(CC)CC)C1.I. The maximum Gasteiger partial charge on any atom is 0.424 e. The Hall–Kier alpha value is -1.08. The fourth-order valence-corrected chi connectivity index (χ4v) is 3.91. The van der Waals surface area contributed by atoms with E-state index in [1.807, 2.05) is 6.92 Å². The lowest BCUT2D eigenvalue weighted by Crippen LogP contribution is -2.45. The maximum absolute atomic E-state index is 13.7. The van der Waals surface area contributed by atoms with Gasteiger partial charge in [0, 0.05) is 58.6 Å². The van der Waals surface area contributed by atoms with Gasteiger partial charge in [-0.3, -0.25) is 4.99 Å². The molecule has 1 aromatic heterocycles. The number of hydrogen-bond donors (Lipinski definition) is 2. The molecule has 0 saturated carbocycles. The summed E-state index contributed by atoms with van der Waals surface area (Å²) in [6.45, 7) is 11.3. The summed E-state index contributed by atoms with van der Waals surface area (Å²) in [5, 5.41) is 13.7. The first-order valence-electron chi connectivity index (χ1n) is 10.7. The number of aliphatic hydroxyl groups is 1. The lowest BCUT2D eigenvalue weighted by Gasteiger charge is -2.29. The van der Waals surface area contributed by atoms with Crippen LogP contribution >= 0.6 is 24.0 Å². The molecule has 11 heteroatoms. The van der Waals surface area contributed by atoms with Crippen LogP contribution in [-0.4, -0.2) is 82.4 Å². The smallest absolute Gasteiger partial charge is 0.374 e. The summed E-state index contributed by atoms with van der Waals surface area (Å²) in [5.74, 6) is 0.688. The van der Waals surface area contributed by atoms with Gasteiger partial charge in [0.05, 0.1) is 0 Å². The molecular weight excluding hydrogens is 524 g/mol. The van der Waals surface area contributed by atoms with E-state index in [-0.39, 0.29) is 30.5 Å². The Morgan fingerprint density at radius 1 is 1.32 bits per heavy atom. The van der Waals surface area contributed by atoms with E-state index >= 15 is 0 Å². The Morgan fingerprint density at radius 3 is 2.52 bits per heavy atom. The number of aryl methyl sites for hydroxylation is 1. The standard InChI is InChI=1S/C20H35F3N6O.HI/c1-5-24-18(29-12-8-16(15-29)14-28(6-2)7-3)26-10-9-19(30,20(21,22)23)17-25-11-13-27(17)4;/h11,13,16,30H,5-10,12,14-15H2,1-4H3,(H,24,26);1H. The van der Waals surface area contributed by atoms with Crippen molar-refractivity contribution in [3.8, 4) is 0 Å². The Labute approximate surface area is 200 Å². The van der Waals surface area contributed by atoms with E-state index < -0.39 is 24.0 Å². The zero-order chi connectivity index (χ0) is 22.4. The first-order chi connectivity index (χ1) is 14.2. The van der Waals surface area contributed by atoms with Gasteiger partial charge in [-0.2, -0.15) is 13.2 Å². The summed E-state index contributed by atoms with van der Waals surface area (Å²) in [4.78, 5) is 12.6. The largest absolute Gasteiger partial charge is 0.424 e. The van der Waals surface area contributed by atoms with Crippen LogP contribution in [0.1, 0.15) is 39.4 Å². The highest BCUT2D eigenvalue weighted by atomic mass is 127. The van der Waals surface area contributed by atoms with E-state index in [1.165, 1.54) is 24.0 Å². The summed E-state index contributed by atoms with van der Waals surface area (Å²) in [6, 6.07) is 0. The highest BCUT2D eigenvalue weighted by Gasteiger charge is 2.57. The topological polar surface area (TPSA) is 68.9 Å². The Morgan fingerprint density at radius 2 is 2.00 bits per heavy atom. The van der Waals surface area contributed by atoms with E-state index in [2.05, 4.69) is 38.9 Å². The molecule has 2 atom stereocenters. The van der Waals surface area contributed by atoms with Crippen molar-refractivity contribution >= 4 is 29.9 Å². The van der Waals surface area contributed by atoms with Crippen LogP contribution in [0.2, 0.25) is 0 Å². The molecule has 1 saturated heterocycles. The lowest BCUT2D eigenvalue weighted by atomic mass is 9.98. The Bertz CT molecular complexity index is 695. The number of halogens is 4. The molecule has 0 radical (unpaired) electrons. The monoisotopic (exact) mass is 560 g/mol. The summed E-state index contributed by atoms with van der Waals surface area (Å²) in [6.07, 6.45) is -1.77. The number of nitrogens with one attached hydrogen (secondary N) is 1. The van der Waals surface area contributed by atoms with E-state index in [4.69, 9.17) is 0 Å². The fourth-order valence-electron chi connectivity index (χ4n) is 3.91. The summed E-state index contributed by atoms with van der Waals surface area (Å²) >= 11 is 0. The maximum atomic E-state index is 13.7. The average molecular weight is 560 g/mol. The van der Waals surface area contributed by atoms with Gasteiger partial charge in [0.1, 0.15) is 5.82 Å². The number of guanidine groups is 1. The molecule has 0 amide bonds. The predicted molar refractivity (Wildman–Crippen MR) is 127 cm³/mol. The number of hydrogen-bond acceptors (Lipinski definition) is 4. The van der Waals surface area contributed by atoms with E-state index in [9.17, 15) is 18.3 Å². The molecule has 1 aromatic rings. The van der Waals surface area contributed by atoms with Crippen LogP contribution in [0.15, 0.2) is 17.4 Å². The highest BCUT2D eigenvalue weighted by Crippen LogP contribution is 2.40. The molecule has 0 spiro atoms. The number of aliphatic imine (C=N–C) groups is 1. The van der Waals surface area contributed by atoms with Gasteiger partial charge in [-0.25, -0.2) is 4.98 Å². The van der Waals surface area contributed by atoms with Gasteiger partial charge in [0.2, 0.25) is 5.60 Å². The Balaban J connectivity index is 0.00000480. The third-order valence-corrected chi connectivity index (χ3v) is 5.73. The molecule has 1 aliphatic heterocycles. The third kappa shape index (κ3) is 6.95. The minimum Gasteiger partial charge on any atom is -0.374 e. The van der Waals surface area contributed by atoms with Crippen LogP contribution in [0.5, 0.6) is 0 Å². The van der Waals surface area contributed by atoms with Crippen LogP contribution in [0.3, 0.4) is 0 Å². The predicted octanol–water partition coefficient (Wildman–Crippen LogP) is 2.81. The highest BCUT2D eigenvalue weighted by molar-refractivity contribution is 14.0. The van der Waals surface area contributed by atoms with Gasteiger partial charge in [0.15, 0.2) is 5.96 Å². The molecule has 7 nitrogen and oxygen atoms in total. The molecule has 0 aliphatic carbocycles. The van der Waals surface area contributed by atoms with Gasteiger partial charge in [-0.15, -0.1) is 24.0 Å². The zero-order valence-electron chi connectivity index (χ0n) is 18.8. The summed E-state index contributed by atoms with van der Waals surface area (Å²) < 4.78 is 42.2. The molecule has 31 heavy (non-hydrogen) atoms. The van der Waals surface area contributed by atoms with Crippen LogP contribution in [0.25, 0.3) is 0 Å². The number of alkyl halides is 3. The molecular formula is C20H36F3IN6O. The van der Waals surface area contributed by atoms with E-state index in [0.717, 1.165) is 39.1 Å². The van der Waals surface area contributed by atoms with Crippen molar-refractivity contribution in [2.45, 2.75) is 45.4 Å². The summed E-state index contributed by atoms with van der Waals surface area (Å²) in [7, 11) is 1.44. The second-order valence-electron chi connectivity index (χ2n) is 7.79. The normalized spacial score (nSPS) is 19.5. The molecule has 0 bridgehead atoms. The lowest BCUT2D eigenvalue weighted by molar-refractivity contribution is -0.272. The Kier molecular flexibility index (Phi) is 11.0. The third-order valence-electron chi connectivity index (χ3n) is 5.73. The van der Waals surface area contributed by atoms with Crippen molar-refractivity contribution in [2.24, 2.45) is 18.0 Å². The van der Waals surface area contributed by atoms with Gasteiger partial charge >= 0.3 is 6.18 Å². The van der Waals surface area contributed by atoms with Crippen molar-refractivity contribution in [1.82, 2.24) is 24.7 Å². The van der Waals surface area contributed by atoms with Crippen LogP contribution in [-0.2, 0) is 12.6 Å². The van der Waals surface area contributed by atoms with Gasteiger partial charge in [-0.05, 0) is 32.4 Å². The molecule has 0 aromatic carbocycles. The van der Waals surface area contributed by atoms with E-state index in [1.54, 1.807) is 0 Å². The van der Waals surface area contributed by atoms with Crippen LogP contribution in [0.4, 0.5) is 13.2 Å². The number of likely N-dealkylation sites (tertiary alicyclic amines) is 1. The molecule has 2 unspecified atom stereocenters. The second-order valence-corrected chi connectivity index (χ2v) is 7.79. The van der Waals surface area contributed by atoms with Gasteiger partial charge in [-0.1, -0.05) is 13.8 Å². The van der Waals surface area contributed by atoms with Gasteiger partial charge in [0.25, 0.3) is 0 Å². The molecule has 2 N–H and O–H groups in total. The molecule has 180 valence electrons. The number of imidazole rings is 1. The average Bonchev–Trinajstić information content (AvgIpc) is 3.33. The zero-order valence-corrected chi connectivity index (χ0v) is 21.2. The second kappa shape index (κ2) is 12.2. The van der Waals surface area contributed by atoms with Crippen molar-refractivity contribution in [3.63, 3.8) is 0 Å². The quantitative estimate of drug-likeness (QED) is 0.276. The van der Waals surface area contributed by atoms with Crippen molar-refractivity contribution < 1.29 is 18.3 Å². The van der Waals surface area contributed by atoms with Crippen molar-refractivity contribution in [3.05, 3.63) is 18.2 Å². The van der Waals surface area contributed by atoms with Crippen molar-refractivity contribution in [1.29, 1.82) is 0 Å². The molecule has 1 fully saturated rings. The molecule has 2 heterocycles. The van der Waals surface area contributed by atoms with Gasteiger partial charge < -0.3 is 24.8 Å². The van der Waals surface area contributed by atoms with E-state index in [0.29, 0.717) is 18.4 Å². The number of aromatic nitrogens is 2. The fraction of sp³-hybridized carbons (Fsp3) is 0.800. The molecule has 2 rings (SSSR count). The van der Waals surface area contributed by atoms with Crippen molar-refractivity contribution in [2.75, 3.05) is 45.8 Å².